The summed E-state index contributed by atoms with van der Waals surface area (Å²) in [7, 11) is 0. The summed E-state index contributed by atoms with van der Waals surface area (Å²) in [6, 6.07) is 10.5. The first-order valence-corrected chi connectivity index (χ1v) is 8.48. The highest BCUT2D eigenvalue weighted by atomic mass is 32.1. The van der Waals surface area contributed by atoms with Crippen LogP contribution in [0.3, 0.4) is 0 Å². The maximum absolute atomic E-state index is 4.81. The van der Waals surface area contributed by atoms with E-state index in [1.807, 2.05) is 0 Å². The van der Waals surface area contributed by atoms with Gasteiger partial charge in [0.05, 0.1) is 5.69 Å². The van der Waals surface area contributed by atoms with Crippen LogP contribution in [-0.4, -0.2) is 23.0 Å². The lowest BCUT2D eigenvalue weighted by molar-refractivity contribution is 0.300. The van der Waals surface area contributed by atoms with Crippen molar-refractivity contribution >= 4 is 11.3 Å². The maximum atomic E-state index is 4.81. The van der Waals surface area contributed by atoms with E-state index in [9.17, 15) is 0 Å². The molecule has 1 aromatic carbocycles. The normalized spacial score (nSPS) is 26.0. The van der Waals surface area contributed by atoms with Crippen LogP contribution in [0.25, 0.3) is 10.6 Å². The van der Waals surface area contributed by atoms with Gasteiger partial charge in [-0.1, -0.05) is 36.8 Å². The van der Waals surface area contributed by atoms with E-state index in [0.717, 1.165) is 23.4 Å². The molecule has 1 aliphatic carbocycles. The summed E-state index contributed by atoms with van der Waals surface area (Å²) in [6.45, 7) is 3.63. The molecule has 1 aliphatic heterocycles. The van der Waals surface area contributed by atoms with E-state index in [0.29, 0.717) is 0 Å². The van der Waals surface area contributed by atoms with E-state index in [-0.39, 0.29) is 0 Å². The lowest BCUT2D eigenvalue weighted by Gasteiger charge is -2.14. The van der Waals surface area contributed by atoms with Crippen LogP contribution in [0.1, 0.15) is 25.0 Å². The molecule has 20 heavy (non-hydrogen) atoms. The molecule has 0 N–H and O–H groups in total. The quantitative estimate of drug-likeness (QED) is 0.845. The van der Waals surface area contributed by atoms with Gasteiger partial charge in [0, 0.05) is 30.6 Å². The first-order valence-electron chi connectivity index (χ1n) is 7.60. The third-order valence-electron chi connectivity index (χ3n) is 4.76. The first kappa shape index (κ1) is 12.5. The van der Waals surface area contributed by atoms with Gasteiger partial charge in [-0.3, -0.25) is 4.90 Å². The van der Waals surface area contributed by atoms with Gasteiger partial charge in [0.2, 0.25) is 0 Å². The molecule has 0 bridgehead atoms. The molecule has 1 aromatic heterocycles. The summed E-state index contributed by atoms with van der Waals surface area (Å²) in [5.41, 5.74) is 2.48. The molecule has 3 heteroatoms. The van der Waals surface area contributed by atoms with E-state index in [1.165, 1.54) is 43.6 Å². The molecular weight excluding hydrogens is 264 g/mol. The fourth-order valence-electron chi connectivity index (χ4n) is 3.78. The van der Waals surface area contributed by atoms with E-state index < -0.39 is 0 Å². The Morgan fingerprint density at radius 1 is 1.10 bits per heavy atom. The van der Waals surface area contributed by atoms with E-state index in [2.05, 4.69) is 40.6 Å². The second kappa shape index (κ2) is 5.30. The zero-order valence-corrected chi connectivity index (χ0v) is 12.5. The number of fused-ring (bicyclic) bond motifs is 1. The Labute approximate surface area is 124 Å². The number of nitrogens with zero attached hydrogens (tertiary/aromatic N) is 2. The molecule has 2 nitrogen and oxygen atoms in total. The Kier molecular flexibility index (Phi) is 3.32. The van der Waals surface area contributed by atoms with Gasteiger partial charge in [-0.15, -0.1) is 11.3 Å². The summed E-state index contributed by atoms with van der Waals surface area (Å²) in [6.07, 6.45) is 4.36. The Bertz CT molecular complexity index is 566. The number of rotatable bonds is 3. The fraction of sp³-hybridized carbons (Fsp3) is 0.471. The number of benzene rings is 1. The van der Waals surface area contributed by atoms with E-state index in [1.54, 1.807) is 11.3 Å². The minimum Gasteiger partial charge on any atom is -0.297 e. The van der Waals surface area contributed by atoms with Gasteiger partial charge in [0.1, 0.15) is 5.01 Å². The molecule has 4 rings (SSSR count). The van der Waals surface area contributed by atoms with Crippen molar-refractivity contribution in [3.05, 3.63) is 41.4 Å². The van der Waals surface area contributed by atoms with Gasteiger partial charge < -0.3 is 0 Å². The molecule has 0 radical (unpaired) electrons. The number of hydrogen-bond acceptors (Lipinski definition) is 3. The van der Waals surface area contributed by atoms with Crippen molar-refractivity contribution in [1.82, 2.24) is 9.88 Å². The molecule has 2 heterocycles. The van der Waals surface area contributed by atoms with Crippen LogP contribution in [0.15, 0.2) is 35.7 Å². The lowest BCUT2D eigenvalue weighted by atomic mass is 10.0. The molecule has 0 amide bonds. The van der Waals surface area contributed by atoms with E-state index >= 15 is 0 Å². The van der Waals surface area contributed by atoms with Crippen LogP contribution < -0.4 is 0 Å². The molecule has 1 saturated heterocycles. The minimum absolute atomic E-state index is 0.974. The summed E-state index contributed by atoms with van der Waals surface area (Å²) in [5.74, 6) is 1.95. The molecule has 2 aliphatic rings. The highest BCUT2D eigenvalue weighted by Crippen LogP contribution is 2.38. The van der Waals surface area contributed by atoms with Crippen LogP contribution >= 0.6 is 11.3 Å². The Hall–Kier alpha value is -1.19. The van der Waals surface area contributed by atoms with Gasteiger partial charge in [0.15, 0.2) is 0 Å². The van der Waals surface area contributed by atoms with Gasteiger partial charge in [-0.2, -0.15) is 0 Å². The SMILES string of the molecule is c1ccc(-c2nc(CN3CC4CCCC4C3)cs2)cc1. The summed E-state index contributed by atoms with van der Waals surface area (Å²) in [5, 5.41) is 3.39. The molecule has 2 atom stereocenters. The van der Waals surface area contributed by atoms with Crippen LogP contribution in [0.5, 0.6) is 0 Å². The molecule has 104 valence electrons. The van der Waals surface area contributed by atoms with Gasteiger partial charge in [0.25, 0.3) is 0 Å². The smallest absolute Gasteiger partial charge is 0.123 e. The largest absolute Gasteiger partial charge is 0.297 e. The zero-order chi connectivity index (χ0) is 13.4. The van der Waals surface area contributed by atoms with E-state index in [4.69, 9.17) is 4.98 Å². The number of thiazole rings is 1. The fourth-order valence-corrected chi connectivity index (χ4v) is 4.60. The number of hydrogen-bond donors (Lipinski definition) is 0. The van der Waals surface area contributed by atoms with Crippen molar-refractivity contribution in [3.8, 4) is 10.6 Å². The Balaban J connectivity index is 1.44. The highest BCUT2D eigenvalue weighted by molar-refractivity contribution is 7.13. The van der Waals surface area contributed by atoms with Crippen molar-refractivity contribution in [3.63, 3.8) is 0 Å². The predicted octanol–water partition coefficient (Wildman–Crippen LogP) is 4.04. The monoisotopic (exact) mass is 284 g/mol. The molecule has 2 aromatic rings. The maximum Gasteiger partial charge on any atom is 0.123 e. The number of aromatic nitrogens is 1. The van der Waals surface area contributed by atoms with Crippen molar-refractivity contribution in [2.45, 2.75) is 25.8 Å². The molecule has 1 saturated carbocycles. The minimum atomic E-state index is 0.974. The zero-order valence-electron chi connectivity index (χ0n) is 11.7. The average Bonchev–Trinajstić information content (AvgIpc) is 3.16. The molecule has 2 unspecified atom stereocenters. The van der Waals surface area contributed by atoms with Gasteiger partial charge in [-0.05, 0) is 24.7 Å². The standard InChI is InChI=1S/C17H20N2S/c1-2-5-13(6-3-1)17-18-16(12-20-17)11-19-9-14-7-4-8-15(14)10-19/h1-3,5-6,12,14-15H,4,7-11H2. The summed E-state index contributed by atoms with van der Waals surface area (Å²) >= 11 is 1.77. The van der Waals surface area contributed by atoms with Crippen LogP contribution in [-0.2, 0) is 6.54 Å². The Morgan fingerprint density at radius 2 is 1.85 bits per heavy atom. The topological polar surface area (TPSA) is 16.1 Å². The van der Waals surface area contributed by atoms with Crippen LogP contribution in [0.4, 0.5) is 0 Å². The van der Waals surface area contributed by atoms with Crippen molar-refractivity contribution < 1.29 is 0 Å². The van der Waals surface area contributed by atoms with Crippen LogP contribution in [0, 0.1) is 11.8 Å². The molecule has 0 spiro atoms. The van der Waals surface area contributed by atoms with Crippen molar-refractivity contribution in [2.24, 2.45) is 11.8 Å². The first-order chi connectivity index (χ1) is 9.88. The van der Waals surface area contributed by atoms with Crippen LogP contribution in [0.2, 0.25) is 0 Å². The second-order valence-corrected chi connectivity index (χ2v) is 7.01. The molecule has 2 fully saturated rings. The lowest BCUT2D eigenvalue weighted by Crippen LogP contribution is -2.21. The predicted molar refractivity (Wildman–Crippen MR) is 83.7 cm³/mol. The highest BCUT2D eigenvalue weighted by Gasteiger charge is 2.35. The number of likely N-dealkylation sites (tertiary alicyclic amines) is 1. The third kappa shape index (κ3) is 2.40. The summed E-state index contributed by atoms with van der Waals surface area (Å²) in [4.78, 5) is 7.42. The Morgan fingerprint density at radius 3 is 2.60 bits per heavy atom. The van der Waals surface area contributed by atoms with Crippen molar-refractivity contribution in [2.75, 3.05) is 13.1 Å². The summed E-state index contributed by atoms with van der Waals surface area (Å²) < 4.78 is 0. The third-order valence-corrected chi connectivity index (χ3v) is 5.70. The van der Waals surface area contributed by atoms with Crippen molar-refractivity contribution in [1.29, 1.82) is 0 Å². The van der Waals surface area contributed by atoms with Gasteiger partial charge in [-0.25, -0.2) is 4.98 Å². The second-order valence-electron chi connectivity index (χ2n) is 6.16. The van der Waals surface area contributed by atoms with Gasteiger partial charge >= 0.3 is 0 Å². The molecular formula is C17H20N2S. The average molecular weight is 284 g/mol.